The number of halogens is 1. The van der Waals surface area contributed by atoms with Gasteiger partial charge in [0.25, 0.3) is 0 Å². The molecule has 0 aliphatic carbocycles. The highest BCUT2D eigenvalue weighted by Crippen LogP contribution is 2.30. The molecule has 3 nitrogen and oxygen atoms in total. The van der Waals surface area contributed by atoms with Crippen molar-refractivity contribution in [2.24, 2.45) is 0 Å². The number of hydrogen-bond acceptors (Lipinski definition) is 1. The number of carbonyl (C=O) groups is 1. The molecule has 0 spiro atoms. The molecule has 0 heterocycles. The third-order valence-electron chi connectivity index (χ3n) is 3.02. The lowest BCUT2D eigenvalue weighted by molar-refractivity contribution is 0.172. The van der Waals surface area contributed by atoms with Crippen LogP contribution >= 0.6 is 11.6 Å². The van der Waals surface area contributed by atoms with Gasteiger partial charge in [0, 0.05) is 19.1 Å². The molecule has 4 heteroatoms. The lowest BCUT2D eigenvalue weighted by Crippen LogP contribution is -2.47. The molecule has 0 aliphatic heterocycles. The van der Waals surface area contributed by atoms with Gasteiger partial charge in [-0.05, 0) is 24.6 Å². The Hall–Kier alpha value is -1.48. The molecule has 17 heavy (non-hydrogen) atoms. The molecule has 1 aromatic carbocycles. The summed E-state index contributed by atoms with van der Waals surface area (Å²) in [5, 5.41) is 3.24. The molecule has 0 unspecified atom stereocenters. The standard InChI is InChI=1S/C13H17ClN2O/c1-5-13(2,16(4)12(17)15-3)10-7-6-8-11(14)9-10/h5-9H,1H2,2-4H3,(H,15,17)/t13-/m0/s1. The molecule has 0 aromatic heterocycles. The fourth-order valence-corrected chi connectivity index (χ4v) is 1.82. The molecule has 92 valence electrons. The molecule has 0 saturated heterocycles. The van der Waals surface area contributed by atoms with E-state index >= 15 is 0 Å². The number of urea groups is 1. The lowest BCUT2D eigenvalue weighted by Gasteiger charge is -2.36. The van der Waals surface area contributed by atoms with Crippen molar-refractivity contribution in [2.75, 3.05) is 14.1 Å². The third kappa shape index (κ3) is 2.61. The largest absolute Gasteiger partial charge is 0.341 e. The summed E-state index contributed by atoms with van der Waals surface area (Å²) in [6.45, 7) is 5.73. The first-order valence-corrected chi connectivity index (χ1v) is 5.68. The summed E-state index contributed by atoms with van der Waals surface area (Å²) < 4.78 is 0. The van der Waals surface area contributed by atoms with Gasteiger partial charge in [0.15, 0.2) is 0 Å². The second kappa shape index (κ2) is 5.23. The second-order valence-electron chi connectivity index (χ2n) is 3.98. The van der Waals surface area contributed by atoms with E-state index in [0.29, 0.717) is 5.02 Å². The monoisotopic (exact) mass is 252 g/mol. The molecule has 2 amide bonds. The molecule has 1 N–H and O–H groups in total. The highest BCUT2D eigenvalue weighted by molar-refractivity contribution is 6.30. The summed E-state index contributed by atoms with van der Waals surface area (Å²) in [6.07, 6.45) is 1.73. The molecule has 1 rings (SSSR count). The van der Waals surface area contributed by atoms with Crippen LogP contribution in [0.2, 0.25) is 5.02 Å². The summed E-state index contributed by atoms with van der Waals surface area (Å²) in [6, 6.07) is 7.24. The van der Waals surface area contributed by atoms with Gasteiger partial charge in [-0.25, -0.2) is 4.79 Å². The van der Waals surface area contributed by atoms with Crippen LogP contribution in [0.3, 0.4) is 0 Å². The van der Waals surface area contributed by atoms with Crippen molar-refractivity contribution < 1.29 is 4.79 Å². The zero-order valence-electron chi connectivity index (χ0n) is 10.3. The molecular formula is C13H17ClN2O. The molecule has 0 radical (unpaired) electrons. The maximum atomic E-state index is 11.7. The first kappa shape index (κ1) is 13.6. The van der Waals surface area contributed by atoms with E-state index in [2.05, 4.69) is 11.9 Å². The minimum absolute atomic E-state index is 0.174. The van der Waals surface area contributed by atoms with Gasteiger partial charge in [-0.2, -0.15) is 0 Å². The number of likely N-dealkylation sites (N-methyl/N-ethyl adjacent to an activating group) is 1. The van der Waals surface area contributed by atoms with Gasteiger partial charge in [0.05, 0.1) is 5.54 Å². The quantitative estimate of drug-likeness (QED) is 0.824. The first-order valence-electron chi connectivity index (χ1n) is 5.31. The third-order valence-corrected chi connectivity index (χ3v) is 3.26. The van der Waals surface area contributed by atoms with Crippen LogP contribution in [0.25, 0.3) is 0 Å². The maximum absolute atomic E-state index is 11.7. The fourth-order valence-electron chi connectivity index (χ4n) is 1.63. The predicted octanol–water partition coefficient (Wildman–Crippen LogP) is 3.01. The Kier molecular flexibility index (Phi) is 4.18. The average molecular weight is 253 g/mol. The average Bonchev–Trinajstić information content (AvgIpc) is 2.35. The summed E-state index contributed by atoms with van der Waals surface area (Å²) in [4.78, 5) is 13.3. The lowest BCUT2D eigenvalue weighted by atomic mass is 9.91. The minimum Gasteiger partial charge on any atom is -0.341 e. The minimum atomic E-state index is -0.592. The number of nitrogens with zero attached hydrogens (tertiary/aromatic N) is 1. The Balaban J connectivity index is 3.20. The molecule has 0 fully saturated rings. The van der Waals surface area contributed by atoms with E-state index in [4.69, 9.17) is 11.6 Å². The van der Waals surface area contributed by atoms with E-state index in [1.807, 2.05) is 25.1 Å². The summed E-state index contributed by atoms with van der Waals surface area (Å²) >= 11 is 5.97. The van der Waals surface area contributed by atoms with E-state index < -0.39 is 5.54 Å². The van der Waals surface area contributed by atoms with Gasteiger partial charge in [0.2, 0.25) is 0 Å². The number of nitrogens with one attached hydrogen (secondary N) is 1. The molecule has 0 saturated carbocycles. The molecule has 1 atom stereocenters. The van der Waals surface area contributed by atoms with Gasteiger partial charge < -0.3 is 10.2 Å². The van der Waals surface area contributed by atoms with Crippen molar-refractivity contribution in [3.05, 3.63) is 47.5 Å². The van der Waals surface area contributed by atoms with Gasteiger partial charge in [-0.15, -0.1) is 6.58 Å². The van der Waals surface area contributed by atoms with Crippen LogP contribution in [0, 0.1) is 0 Å². The highest BCUT2D eigenvalue weighted by atomic mass is 35.5. The van der Waals surface area contributed by atoms with E-state index in [1.54, 1.807) is 31.1 Å². The topological polar surface area (TPSA) is 32.3 Å². The molecule has 0 aliphatic rings. The van der Waals surface area contributed by atoms with Gasteiger partial charge in [0.1, 0.15) is 0 Å². The van der Waals surface area contributed by atoms with Crippen LogP contribution in [0.15, 0.2) is 36.9 Å². The summed E-state index contributed by atoms with van der Waals surface area (Å²) in [5.74, 6) is 0. The zero-order valence-corrected chi connectivity index (χ0v) is 11.1. The van der Waals surface area contributed by atoms with Crippen LogP contribution in [-0.4, -0.2) is 25.0 Å². The Morgan fingerprint density at radius 3 is 2.71 bits per heavy atom. The van der Waals surface area contributed by atoms with E-state index in [-0.39, 0.29) is 6.03 Å². The zero-order chi connectivity index (χ0) is 13.1. The highest BCUT2D eigenvalue weighted by Gasteiger charge is 2.31. The number of amides is 2. The van der Waals surface area contributed by atoms with Crippen molar-refractivity contribution in [3.63, 3.8) is 0 Å². The van der Waals surface area contributed by atoms with Crippen LogP contribution in [-0.2, 0) is 5.54 Å². The Bertz CT molecular complexity index is 433. The van der Waals surface area contributed by atoms with E-state index in [9.17, 15) is 4.79 Å². The Labute approximate surface area is 107 Å². The second-order valence-corrected chi connectivity index (χ2v) is 4.41. The first-order chi connectivity index (χ1) is 7.95. The SMILES string of the molecule is C=C[C@@](C)(c1cccc(Cl)c1)N(C)C(=O)NC. The number of rotatable bonds is 3. The summed E-state index contributed by atoms with van der Waals surface area (Å²) in [7, 11) is 3.32. The number of benzene rings is 1. The van der Waals surface area contributed by atoms with Crippen molar-refractivity contribution in [3.8, 4) is 0 Å². The van der Waals surface area contributed by atoms with Crippen molar-refractivity contribution in [1.29, 1.82) is 0 Å². The molecule has 1 aromatic rings. The van der Waals surface area contributed by atoms with Crippen molar-refractivity contribution >= 4 is 17.6 Å². The van der Waals surface area contributed by atoms with Crippen LogP contribution < -0.4 is 5.32 Å². The fraction of sp³-hybridized carbons (Fsp3) is 0.308. The maximum Gasteiger partial charge on any atom is 0.317 e. The smallest absolute Gasteiger partial charge is 0.317 e. The van der Waals surface area contributed by atoms with Gasteiger partial charge >= 0.3 is 6.03 Å². The number of hydrogen-bond donors (Lipinski definition) is 1. The van der Waals surface area contributed by atoms with Crippen molar-refractivity contribution in [2.45, 2.75) is 12.5 Å². The normalized spacial score (nSPS) is 13.6. The van der Waals surface area contributed by atoms with Crippen molar-refractivity contribution in [1.82, 2.24) is 10.2 Å². The number of carbonyl (C=O) groups excluding carboxylic acids is 1. The van der Waals surface area contributed by atoms with Crippen LogP contribution in [0.4, 0.5) is 4.79 Å². The Morgan fingerprint density at radius 1 is 1.59 bits per heavy atom. The van der Waals surface area contributed by atoms with E-state index in [0.717, 1.165) is 5.56 Å². The van der Waals surface area contributed by atoms with Crippen LogP contribution in [0.5, 0.6) is 0 Å². The van der Waals surface area contributed by atoms with Crippen LogP contribution in [0.1, 0.15) is 12.5 Å². The Morgan fingerprint density at radius 2 is 2.24 bits per heavy atom. The summed E-state index contributed by atoms with van der Waals surface area (Å²) in [5.41, 5.74) is 0.330. The predicted molar refractivity (Wildman–Crippen MR) is 71.2 cm³/mol. The van der Waals surface area contributed by atoms with E-state index in [1.165, 1.54) is 0 Å². The van der Waals surface area contributed by atoms with Gasteiger partial charge in [-0.3, -0.25) is 0 Å². The molecule has 0 bridgehead atoms. The molecular weight excluding hydrogens is 236 g/mol. The van der Waals surface area contributed by atoms with Gasteiger partial charge in [-0.1, -0.05) is 29.8 Å².